The van der Waals surface area contributed by atoms with Crippen LogP contribution >= 0.6 is 0 Å². The Kier molecular flexibility index (Phi) is 7.79. The lowest BCUT2D eigenvalue weighted by Crippen LogP contribution is -2.58. The smallest absolute Gasteiger partial charge is 0.193 e. The van der Waals surface area contributed by atoms with Crippen LogP contribution in [-0.2, 0) is 9.47 Å². The van der Waals surface area contributed by atoms with Crippen LogP contribution in [0.2, 0.25) is 0 Å². The van der Waals surface area contributed by atoms with Crippen LogP contribution in [0, 0.1) is 5.92 Å². The highest BCUT2D eigenvalue weighted by Gasteiger charge is 2.35. The topological polar surface area (TPSA) is 49.3 Å². The van der Waals surface area contributed by atoms with Gasteiger partial charge in [-0.05, 0) is 58.5 Å². The minimum atomic E-state index is 0.164. The van der Waals surface area contributed by atoms with E-state index in [2.05, 4.69) is 34.2 Å². The summed E-state index contributed by atoms with van der Waals surface area (Å²) in [6.45, 7) is 5.67. The van der Waals surface area contributed by atoms with E-state index in [1.165, 1.54) is 25.7 Å². The lowest BCUT2D eigenvalue weighted by atomic mass is 9.88. The summed E-state index contributed by atoms with van der Waals surface area (Å²) in [6, 6.07) is 0. The van der Waals surface area contributed by atoms with Crippen molar-refractivity contribution in [3.8, 4) is 0 Å². The van der Waals surface area contributed by atoms with Gasteiger partial charge in [0, 0.05) is 52.0 Å². The van der Waals surface area contributed by atoms with Crippen molar-refractivity contribution in [1.29, 1.82) is 0 Å². The summed E-state index contributed by atoms with van der Waals surface area (Å²) in [6.07, 6.45) is 10.3. The molecule has 3 fully saturated rings. The molecule has 6 nitrogen and oxygen atoms in total. The summed E-state index contributed by atoms with van der Waals surface area (Å²) in [5.74, 6) is 1.86. The lowest BCUT2D eigenvalue weighted by molar-refractivity contribution is -0.00685. The number of likely N-dealkylation sites (tertiary alicyclic amines) is 1. The van der Waals surface area contributed by atoms with Crippen LogP contribution in [0.25, 0.3) is 0 Å². The summed E-state index contributed by atoms with van der Waals surface area (Å²) in [7, 11) is 6.27. The third kappa shape index (κ3) is 5.58. The van der Waals surface area contributed by atoms with Gasteiger partial charge in [0.05, 0.1) is 6.10 Å². The second kappa shape index (κ2) is 10.1. The summed E-state index contributed by atoms with van der Waals surface area (Å²) < 4.78 is 11.8. The monoisotopic (exact) mass is 380 g/mol. The Balaban J connectivity index is 1.43. The predicted octanol–water partition coefficient (Wildman–Crippen LogP) is 2.34. The van der Waals surface area contributed by atoms with E-state index in [9.17, 15) is 0 Å². The van der Waals surface area contributed by atoms with Gasteiger partial charge in [0.1, 0.15) is 0 Å². The van der Waals surface area contributed by atoms with E-state index in [1.54, 1.807) is 0 Å². The summed E-state index contributed by atoms with van der Waals surface area (Å²) >= 11 is 0. The zero-order chi connectivity index (χ0) is 19.1. The third-order valence-electron chi connectivity index (χ3n) is 6.94. The molecule has 0 aromatic rings. The zero-order valence-electron chi connectivity index (χ0n) is 17.7. The Labute approximate surface area is 165 Å². The van der Waals surface area contributed by atoms with Crippen molar-refractivity contribution >= 4 is 5.96 Å². The molecule has 3 rings (SSSR count). The first-order valence-electron chi connectivity index (χ1n) is 11.0. The largest absolute Gasteiger partial charge is 0.381 e. The fourth-order valence-corrected chi connectivity index (χ4v) is 4.79. The standard InChI is InChI=1S/C21H40N4O2/c1-22-20(23-17-21(24(2)3)10-14-26-15-11-21)25-12-8-19(9-13-25)27-16-18-6-4-5-7-18/h18-19H,4-17H2,1-3H3,(H,22,23). The van der Waals surface area contributed by atoms with Crippen molar-refractivity contribution < 1.29 is 9.47 Å². The molecule has 0 bridgehead atoms. The SMILES string of the molecule is CN=C(NCC1(N(C)C)CCOCC1)N1CCC(OCC2CCCC2)CC1. The number of hydrogen-bond acceptors (Lipinski definition) is 4. The van der Waals surface area contributed by atoms with Gasteiger partial charge in [0.2, 0.25) is 0 Å². The Morgan fingerprint density at radius 3 is 2.41 bits per heavy atom. The van der Waals surface area contributed by atoms with Gasteiger partial charge in [-0.3, -0.25) is 4.99 Å². The molecule has 0 aromatic carbocycles. The fraction of sp³-hybridized carbons (Fsp3) is 0.952. The maximum absolute atomic E-state index is 6.22. The number of hydrogen-bond donors (Lipinski definition) is 1. The van der Waals surface area contributed by atoms with Crippen molar-refractivity contribution in [3.05, 3.63) is 0 Å². The molecular weight excluding hydrogens is 340 g/mol. The molecule has 2 aliphatic heterocycles. The lowest BCUT2D eigenvalue weighted by Gasteiger charge is -2.44. The Bertz CT molecular complexity index is 463. The minimum absolute atomic E-state index is 0.164. The Morgan fingerprint density at radius 2 is 1.81 bits per heavy atom. The van der Waals surface area contributed by atoms with Gasteiger partial charge in [-0.2, -0.15) is 0 Å². The van der Waals surface area contributed by atoms with Crippen LogP contribution in [-0.4, -0.2) is 88.0 Å². The second-order valence-corrected chi connectivity index (χ2v) is 8.80. The van der Waals surface area contributed by atoms with E-state index in [4.69, 9.17) is 9.47 Å². The van der Waals surface area contributed by atoms with Crippen LogP contribution in [0.3, 0.4) is 0 Å². The van der Waals surface area contributed by atoms with Crippen molar-refractivity contribution in [2.24, 2.45) is 10.9 Å². The van der Waals surface area contributed by atoms with Gasteiger partial charge < -0.3 is 24.6 Å². The maximum Gasteiger partial charge on any atom is 0.193 e. The second-order valence-electron chi connectivity index (χ2n) is 8.80. The molecule has 1 saturated carbocycles. The van der Waals surface area contributed by atoms with Gasteiger partial charge in [-0.25, -0.2) is 0 Å². The highest BCUT2D eigenvalue weighted by atomic mass is 16.5. The number of piperidine rings is 1. The van der Waals surface area contributed by atoms with Crippen LogP contribution in [0.4, 0.5) is 0 Å². The molecular formula is C21H40N4O2. The molecule has 2 heterocycles. The van der Waals surface area contributed by atoms with E-state index in [-0.39, 0.29) is 5.54 Å². The number of nitrogens with one attached hydrogen (secondary N) is 1. The van der Waals surface area contributed by atoms with E-state index >= 15 is 0 Å². The number of likely N-dealkylation sites (N-methyl/N-ethyl adjacent to an activating group) is 1. The minimum Gasteiger partial charge on any atom is -0.381 e. The van der Waals surface area contributed by atoms with Gasteiger partial charge in [0.25, 0.3) is 0 Å². The maximum atomic E-state index is 6.22. The van der Waals surface area contributed by atoms with Gasteiger partial charge in [-0.1, -0.05) is 12.8 Å². The van der Waals surface area contributed by atoms with E-state index in [0.29, 0.717) is 6.10 Å². The molecule has 0 aromatic heterocycles. The summed E-state index contributed by atoms with van der Waals surface area (Å²) in [4.78, 5) is 9.32. The van der Waals surface area contributed by atoms with Crippen LogP contribution < -0.4 is 5.32 Å². The van der Waals surface area contributed by atoms with Crippen LogP contribution in [0.5, 0.6) is 0 Å². The molecule has 27 heavy (non-hydrogen) atoms. The Morgan fingerprint density at radius 1 is 1.15 bits per heavy atom. The molecule has 0 amide bonds. The number of guanidine groups is 1. The van der Waals surface area contributed by atoms with Crippen molar-refractivity contribution in [2.75, 3.05) is 60.6 Å². The van der Waals surface area contributed by atoms with E-state index in [0.717, 1.165) is 77.0 Å². The molecule has 0 atom stereocenters. The molecule has 0 radical (unpaired) electrons. The quantitative estimate of drug-likeness (QED) is 0.566. The number of ether oxygens (including phenoxy) is 2. The molecule has 0 spiro atoms. The molecule has 3 aliphatic rings. The van der Waals surface area contributed by atoms with Crippen molar-refractivity contribution in [3.63, 3.8) is 0 Å². The molecule has 1 aliphatic carbocycles. The van der Waals surface area contributed by atoms with Gasteiger partial charge in [-0.15, -0.1) is 0 Å². The Hall–Kier alpha value is -0.850. The zero-order valence-corrected chi connectivity index (χ0v) is 17.7. The summed E-state index contributed by atoms with van der Waals surface area (Å²) in [5.41, 5.74) is 0.164. The van der Waals surface area contributed by atoms with Crippen LogP contribution in [0.15, 0.2) is 4.99 Å². The molecule has 6 heteroatoms. The third-order valence-corrected chi connectivity index (χ3v) is 6.94. The molecule has 0 unspecified atom stereocenters. The molecule has 1 N–H and O–H groups in total. The average Bonchev–Trinajstić information content (AvgIpc) is 3.22. The number of rotatable bonds is 6. The van der Waals surface area contributed by atoms with Gasteiger partial charge >= 0.3 is 0 Å². The fourth-order valence-electron chi connectivity index (χ4n) is 4.79. The average molecular weight is 381 g/mol. The molecule has 156 valence electrons. The van der Waals surface area contributed by atoms with Gasteiger partial charge in [0.15, 0.2) is 5.96 Å². The first-order chi connectivity index (χ1) is 13.1. The first kappa shape index (κ1) is 20.9. The molecule has 2 saturated heterocycles. The predicted molar refractivity (Wildman–Crippen MR) is 110 cm³/mol. The first-order valence-corrected chi connectivity index (χ1v) is 11.0. The highest BCUT2D eigenvalue weighted by Crippen LogP contribution is 2.27. The highest BCUT2D eigenvalue weighted by molar-refractivity contribution is 5.80. The van der Waals surface area contributed by atoms with E-state index < -0.39 is 0 Å². The van der Waals surface area contributed by atoms with Crippen molar-refractivity contribution in [1.82, 2.24) is 15.1 Å². The number of nitrogens with zero attached hydrogens (tertiary/aromatic N) is 3. The normalized spacial score (nSPS) is 25.3. The van der Waals surface area contributed by atoms with Crippen molar-refractivity contribution in [2.45, 2.75) is 63.0 Å². The number of aliphatic imine (C=N–C) groups is 1. The van der Waals surface area contributed by atoms with E-state index in [1.807, 2.05) is 7.05 Å². The van der Waals surface area contributed by atoms with Crippen LogP contribution in [0.1, 0.15) is 51.4 Å². The summed E-state index contributed by atoms with van der Waals surface area (Å²) in [5, 5.41) is 3.66.